The summed E-state index contributed by atoms with van der Waals surface area (Å²) in [5, 5.41) is 12.2. The molecule has 0 radical (unpaired) electrons. The molecule has 5 heteroatoms. The average Bonchev–Trinajstić information content (AvgIpc) is 2.57. The molecule has 0 saturated heterocycles. The SMILES string of the molecule is [2H]C([2H])([2H])C(NCC(O)COc1ccc(F)cc1C(=O)CCC)(C([2H])([2H])[2H])C([2H])([2H])[2H]. The lowest BCUT2D eigenvalue weighted by molar-refractivity contribution is 0.0932. The fourth-order valence-electron chi connectivity index (χ4n) is 1.72. The van der Waals surface area contributed by atoms with E-state index in [0.717, 1.165) is 12.1 Å². The number of β-amino-alcohol motifs (C(OH)–C–C–N with tert-alkyl or cyclic N) is 1. The summed E-state index contributed by atoms with van der Waals surface area (Å²) < 4.78 is 86.6. The van der Waals surface area contributed by atoms with Gasteiger partial charge in [0, 0.05) is 30.8 Å². The normalized spacial score (nSPS) is 20.8. The van der Waals surface area contributed by atoms with Crippen molar-refractivity contribution in [3.63, 3.8) is 0 Å². The fourth-order valence-corrected chi connectivity index (χ4v) is 1.72. The molecular formula is C17H26FNO3. The highest BCUT2D eigenvalue weighted by molar-refractivity contribution is 5.98. The van der Waals surface area contributed by atoms with Crippen molar-refractivity contribution in [1.29, 1.82) is 0 Å². The van der Waals surface area contributed by atoms with Gasteiger partial charge in [0.2, 0.25) is 0 Å². The molecule has 1 atom stereocenters. The van der Waals surface area contributed by atoms with Gasteiger partial charge in [0.15, 0.2) is 5.78 Å². The first-order chi connectivity index (χ1) is 14.0. The molecular weight excluding hydrogens is 285 g/mol. The summed E-state index contributed by atoms with van der Waals surface area (Å²) in [7, 11) is 0. The van der Waals surface area contributed by atoms with E-state index in [-0.39, 0.29) is 23.5 Å². The largest absolute Gasteiger partial charge is 0.490 e. The summed E-state index contributed by atoms with van der Waals surface area (Å²) in [6.07, 6.45) is -0.879. The van der Waals surface area contributed by atoms with E-state index in [1.54, 1.807) is 6.92 Å². The van der Waals surface area contributed by atoms with Gasteiger partial charge >= 0.3 is 0 Å². The molecule has 1 unspecified atom stereocenters. The lowest BCUT2D eigenvalue weighted by atomic mass is 10.1. The third kappa shape index (κ3) is 6.54. The molecule has 0 aliphatic rings. The second kappa shape index (κ2) is 8.25. The van der Waals surface area contributed by atoms with E-state index >= 15 is 0 Å². The number of aliphatic hydroxyl groups is 1. The number of carbonyl (C=O) groups excluding carboxylic acids is 1. The minimum atomic E-state index is -3.46. The predicted molar refractivity (Wildman–Crippen MR) is 84.9 cm³/mol. The topological polar surface area (TPSA) is 58.6 Å². The van der Waals surface area contributed by atoms with E-state index < -0.39 is 51.2 Å². The van der Waals surface area contributed by atoms with Crippen molar-refractivity contribution in [2.45, 2.75) is 52.0 Å². The first-order valence-corrected chi connectivity index (χ1v) is 6.86. The Bertz CT molecular complexity index is 727. The number of Topliss-reactive ketones (excluding diaryl/α,β-unsaturated/α-hetero) is 1. The Morgan fingerprint density at radius 1 is 1.50 bits per heavy atom. The van der Waals surface area contributed by atoms with Crippen LogP contribution in [0.15, 0.2) is 18.2 Å². The van der Waals surface area contributed by atoms with Crippen LogP contribution in [-0.2, 0) is 0 Å². The van der Waals surface area contributed by atoms with Crippen molar-refractivity contribution in [3.05, 3.63) is 29.6 Å². The Balaban J connectivity index is 3.01. The maximum absolute atomic E-state index is 13.5. The Morgan fingerprint density at radius 2 is 2.23 bits per heavy atom. The van der Waals surface area contributed by atoms with Crippen LogP contribution in [0.25, 0.3) is 0 Å². The van der Waals surface area contributed by atoms with Gasteiger partial charge in [-0.3, -0.25) is 4.79 Å². The van der Waals surface area contributed by atoms with Crippen molar-refractivity contribution >= 4 is 5.78 Å². The van der Waals surface area contributed by atoms with Crippen LogP contribution in [0.4, 0.5) is 4.39 Å². The predicted octanol–water partition coefficient (Wildman–Crippen LogP) is 2.94. The molecule has 0 amide bonds. The highest BCUT2D eigenvalue weighted by atomic mass is 19.1. The Morgan fingerprint density at radius 3 is 2.86 bits per heavy atom. The smallest absolute Gasteiger partial charge is 0.166 e. The molecule has 0 bridgehead atoms. The lowest BCUT2D eigenvalue weighted by Gasteiger charge is -2.23. The van der Waals surface area contributed by atoms with Gasteiger partial charge in [0.1, 0.15) is 24.3 Å². The first kappa shape index (κ1) is 8.99. The summed E-state index contributed by atoms with van der Waals surface area (Å²) in [4.78, 5) is 12.1. The van der Waals surface area contributed by atoms with Gasteiger partial charge in [-0.05, 0) is 45.2 Å². The number of ether oxygens (including phenoxy) is 1. The molecule has 0 saturated carbocycles. The molecule has 0 spiro atoms. The van der Waals surface area contributed by atoms with Gasteiger partial charge in [0.05, 0.1) is 5.56 Å². The second-order valence-electron chi connectivity index (χ2n) is 4.91. The van der Waals surface area contributed by atoms with Crippen LogP contribution in [0.1, 0.15) is 63.0 Å². The Hall–Kier alpha value is -1.46. The van der Waals surface area contributed by atoms with Crippen molar-refractivity contribution in [2.24, 2.45) is 0 Å². The highest BCUT2D eigenvalue weighted by Crippen LogP contribution is 2.22. The zero-order valence-electron chi connectivity index (χ0n) is 21.3. The third-order valence-corrected chi connectivity index (χ3v) is 2.75. The Kier molecular flexibility index (Phi) is 3.37. The summed E-state index contributed by atoms with van der Waals surface area (Å²) in [6.45, 7) is -9.89. The number of hydrogen-bond acceptors (Lipinski definition) is 4. The number of nitrogens with one attached hydrogen (secondary N) is 1. The summed E-state index contributed by atoms with van der Waals surface area (Å²) in [6, 6.07) is 3.22. The van der Waals surface area contributed by atoms with Crippen LogP contribution in [0.2, 0.25) is 0 Å². The lowest BCUT2D eigenvalue weighted by Crippen LogP contribution is -2.42. The molecule has 124 valence electrons. The minimum Gasteiger partial charge on any atom is -0.490 e. The fraction of sp³-hybridized carbons (Fsp3) is 0.588. The zero-order chi connectivity index (χ0) is 24.3. The third-order valence-electron chi connectivity index (χ3n) is 2.75. The van der Waals surface area contributed by atoms with E-state index in [0.29, 0.717) is 6.42 Å². The molecule has 0 aromatic heterocycles. The van der Waals surface area contributed by atoms with Gasteiger partial charge in [-0.2, -0.15) is 0 Å². The summed E-state index contributed by atoms with van der Waals surface area (Å²) in [5.41, 5.74) is -3.32. The standard InChI is InChI=1S/C17H26FNO3/c1-5-6-15(21)14-9-12(18)7-8-16(14)22-11-13(20)10-19-17(2,3)4/h7-9,13,19-20H,5-6,10-11H2,1-4H3/i2D3,3D3,4D3. The molecule has 22 heavy (non-hydrogen) atoms. The molecule has 2 N–H and O–H groups in total. The highest BCUT2D eigenvalue weighted by Gasteiger charge is 2.16. The number of benzene rings is 1. The quantitative estimate of drug-likeness (QED) is 0.723. The van der Waals surface area contributed by atoms with E-state index in [2.05, 4.69) is 0 Å². The number of hydrogen-bond donors (Lipinski definition) is 2. The molecule has 0 aliphatic heterocycles. The molecule has 1 aromatic rings. The van der Waals surface area contributed by atoms with Crippen LogP contribution < -0.4 is 10.1 Å². The number of halogens is 1. The zero-order valence-corrected chi connectivity index (χ0v) is 12.3. The summed E-state index contributed by atoms with van der Waals surface area (Å²) >= 11 is 0. The van der Waals surface area contributed by atoms with Gasteiger partial charge < -0.3 is 15.2 Å². The van der Waals surface area contributed by atoms with Gasteiger partial charge in [0.25, 0.3) is 0 Å². The Labute approximate surface area is 144 Å². The van der Waals surface area contributed by atoms with Crippen LogP contribution in [0.3, 0.4) is 0 Å². The van der Waals surface area contributed by atoms with Crippen LogP contribution in [-0.4, -0.2) is 35.7 Å². The maximum atomic E-state index is 13.5. The molecule has 1 aromatic carbocycles. The maximum Gasteiger partial charge on any atom is 0.166 e. The van der Waals surface area contributed by atoms with E-state index in [1.165, 1.54) is 6.07 Å². The van der Waals surface area contributed by atoms with Crippen molar-refractivity contribution in [3.8, 4) is 5.75 Å². The van der Waals surface area contributed by atoms with Crippen molar-refractivity contribution in [2.75, 3.05) is 13.2 Å². The van der Waals surface area contributed by atoms with E-state index in [1.807, 2.05) is 5.32 Å². The van der Waals surface area contributed by atoms with Crippen molar-refractivity contribution < 1.29 is 31.4 Å². The van der Waals surface area contributed by atoms with Crippen LogP contribution in [0.5, 0.6) is 5.75 Å². The number of aliphatic hydroxyl groups excluding tert-OH is 1. The van der Waals surface area contributed by atoms with E-state index in [9.17, 15) is 14.3 Å². The number of rotatable bonds is 8. The minimum absolute atomic E-state index is 0.0207. The van der Waals surface area contributed by atoms with Gasteiger partial charge in [-0.25, -0.2) is 4.39 Å². The second-order valence-corrected chi connectivity index (χ2v) is 4.91. The van der Waals surface area contributed by atoms with Gasteiger partial charge in [-0.15, -0.1) is 0 Å². The number of ketones is 1. The van der Waals surface area contributed by atoms with Crippen LogP contribution >= 0.6 is 0 Å². The summed E-state index contributed by atoms with van der Waals surface area (Å²) in [5.74, 6) is -1.06. The average molecular weight is 320 g/mol. The molecule has 0 fully saturated rings. The van der Waals surface area contributed by atoms with Gasteiger partial charge in [-0.1, -0.05) is 6.92 Å². The monoisotopic (exact) mass is 320 g/mol. The molecule has 4 nitrogen and oxygen atoms in total. The van der Waals surface area contributed by atoms with E-state index in [4.69, 9.17) is 17.1 Å². The van der Waals surface area contributed by atoms with Crippen LogP contribution in [0, 0.1) is 5.82 Å². The number of carbonyl (C=O) groups is 1. The molecule has 0 heterocycles. The molecule has 0 aliphatic carbocycles. The van der Waals surface area contributed by atoms with Crippen molar-refractivity contribution in [1.82, 2.24) is 5.32 Å². The molecule has 1 rings (SSSR count). The first-order valence-electron chi connectivity index (χ1n) is 11.4.